The average Bonchev–Trinajstić information content (AvgIpc) is 3.08. The second kappa shape index (κ2) is 6.92. The van der Waals surface area contributed by atoms with Crippen LogP contribution in [0.15, 0.2) is 35.5 Å². The van der Waals surface area contributed by atoms with Gasteiger partial charge in [-0.3, -0.25) is 4.40 Å². The van der Waals surface area contributed by atoms with Crippen molar-refractivity contribution in [2.45, 2.75) is 44.4 Å². The van der Waals surface area contributed by atoms with Crippen molar-refractivity contribution in [3.63, 3.8) is 0 Å². The zero-order chi connectivity index (χ0) is 20.0. The minimum atomic E-state index is -4.43. The van der Waals surface area contributed by atoms with Crippen LogP contribution in [0.2, 0.25) is 0 Å². The monoisotopic (exact) mass is 417 g/mol. The molecule has 0 atom stereocenters. The summed E-state index contributed by atoms with van der Waals surface area (Å²) in [4.78, 5) is 5.94. The number of alkyl halides is 3. The Morgan fingerprint density at radius 1 is 1.22 bits per heavy atom. The molecule has 27 heavy (non-hydrogen) atoms. The third-order valence-corrected chi connectivity index (χ3v) is 6.31. The molecule has 5 nitrogen and oxygen atoms in total. The first-order valence-corrected chi connectivity index (χ1v) is 10.4. The van der Waals surface area contributed by atoms with Gasteiger partial charge < -0.3 is 0 Å². The van der Waals surface area contributed by atoms with Crippen LogP contribution in [0.1, 0.15) is 41.5 Å². The van der Waals surface area contributed by atoms with Gasteiger partial charge in [-0.15, -0.1) is 11.3 Å². The summed E-state index contributed by atoms with van der Waals surface area (Å²) >= 11 is 1.39. The molecule has 0 unspecified atom stereocenters. The highest BCUT2D eigenvalue weighted by Crippen LogP contribution is 2.30. The van der Waals surface area contributed by atoms with E-state index in [-0.39, 0.29) is 17.5 Å². The van der Waals surface area contributed by atoms with Crippen molar-refractivity contribution in [2.75, 3.05) is 0 Å². The van der Waals surface area contributed by atoms with E-state index in [1.165, 1.54) is 23.5 Å². The van der Waals surface area contributed by atoms with E-state index in [9.17, 15) is 21.6 Å². The normalized spacial score (nSPS) is 13.0. The summed E-state index contributed by atoms with van der Waals surface area (Å²) in [5.41, 5.74) is 0.114. The molecule has 0 aliphatic heterocycles. The van der Waals surface area contributed by atoms with Gasteiger partial charge in [0, 0.05) is 17.6 Å². The summed E-state index contributed by atoms with van der Waals surface area (Å²) in [5, 5.41) is 0.0729. The van der Waals surface area contributed by atoms with Crippen LogP contribution in [-0.2, 0) is 22.7 Å². The van der Waals surface area contributed by atoms with Gasteiger partial charge in [0.1, 0.15) is 0 Å². The van der Waals surface area contributed by atoms with E-state index in [1.807, 2.05) is 20.8 Å². The Morgan fingerprint density at radius 3 is 2.41 bits per heavy atom. The van der Waals surface area contributed by atoms with Crippen molar-refractivity contribution in [3.8, 4) is 0 Å². The summed E-state index contributed by atoms with van der Waals surface area (Å²) in [7, 11) is -3.91. The van der Waals surface area contributed by atoms with E-state index in [0.717, 1.165) is 17.0 Å². The first-order chi connectivity index (χ1) is 12.5. The number of hydrogen-bond donors (Lipinski definition) is 1. The van der Waals surface area contributed by atoms with Gasteiger partial charge in [-0.2, -0.15) is 13.2 Å². The van der Waals surface area contributed by atoms with Gasteiger partial charge >= 0.3 is 6.18 Å². The summed E-state index contributed by atoms with van der Waals surface area (Å²) < 4.78 is 67.7. The highest BCUT2D eigenvalue weighted by molar-refractivity contribution is 7.89. The minimum Gasteiger partial charge on any atom is -0.279 e. The van der Waals surface area contributed by atoms with Crippen LogP contribution in [0.4, 0.5) is 13.2 Å². The summed E-state index contributed by atoms with van der Waals surface area (Å²) in [6, 6.07) is 4.38. The highest BCUT2D eigenvalue weighted by Gasteiger charge is 2.30. The fourth-order valence-corrected chi connectivity index (χ4v) is 4.99. The van der Waals surface area contributed by atoms with Crippen molar-refractivity contribution in [1.82, 2.24) is 14.1 Å². The number of benzene rings is 1. The molecular formula is C17H18F3N3O2S2. The molecule has 1 N–H and O–H groups in total. The fraction of sp³-hybridized carbons (Fsp3) is 0.353. The van der Waals surface area contributed by atoms with Gasteiger partial charge in [-0.1, -0.05) is 26.0 Å². The molecule has 146 valence electrons. The zero-order valence-corrected chi connectivity index (χ0v) is 16.5. The quantitative estimate of drug-likeness (QED) is 0.672. The average molecular weight is 417 g/mol. The summed E-state index contributed by atoms with van der Waals surface area (Å²) in [6.07, 6.45) is -2.71. The lowest BCUT2D eigenvalue weighted by molar-refractivity contribution is -0.137. The fourth-order valence-electron chi connectivity index (χ4n) is 2.65. The Balaban J connectivity index is 1.89. The maximum atomic E-state index is 12.9. The Morgan fingerprint density at radius 2 is 1.85 bits per heavy atom. The van der Waals surface area contributed by atoms with Crippen LogP contribution < -0.4 is 4.72 Å². The molecule has 0 amide bonds. The lowest BCUT2D eigenvalue weighted by atomic mass is 10.1. The van der Waals surface area contributed by atoms with Crippen molar-refractivity contribution < 1.29 is 21.6 Å². The van der Waals surface area contributed by atoms with Gasteiger partial charge in [0.15, 0.2) is 9.99 Å². The molecular weight excluding hydrogens is 399 g/mol. The molecule has 0 saturated carbocycles. The Bertz CT molecular complexity index is 1070. The van der Waals surface area contributed by atoms with E-state index in [2.05, 4.69) is 9.71 Å². The molecule has 0 radical (unpaired) electrons. The first kappa shape index (κ1) is 19.8. The number of rotatable bonds is 5. The van der Waals surface area contributed by atoms with Crippen LogP contribution in [0.3, 0.4) is 0 Å². The predicted octanol–water partition coefficient (Wildman–Crippen LogP) is 4.32. The number of aryl methyl sites for hydroxylation is 1. The number of nitrogens with zero attached hydrogens (tertiary/aromatic N) is 2. The molecule has 0 aliphatic rings. The molecule has 10 heteroatoms. The summed E-state index contributed by atoms with van der Waals surface area (Å²) in [6.45, 7) is 5.46. The standard InChI is InChI=1S/C17H18F3N3O2S2/c1-10(2)14-15(23-9-11(3)26-16(23)22-14)27(24,25)21-8-12-4-6-13(7-5-12)17(18,19)20/h4-7,9-10,21H,8H2,1-3H3. The van der Waals surface area contributed by atoms with Crippen LogP contribution in [0, 0.1) is 6.92 Å². The number of sulfonamides is 1. The van der Waals surface area contributed by atoms with Crippen molar-refractivity contribution >= 4 is 26.3 Å². The van der Waals surface area contributed by atoms with Gasteiger partial charge in [0.05, 0.1) is 11.3 Å². The topological polar surface area (TPSA) is 63.5 Å². The van der Waals surface area contributed by atoms with Gasteiger partial charge in [-0.05, 0) is 30.5 Å². The van der Waals surface area contributed by atoms with Gasteiger partial charge in [-0.25, -0.2) is 18.1 Å². The molecule has 0 bridgehead atoms. The van der Waals surface area contributed by atoms with Crippen LogP contribution in [-0.4, -0.2) is 17.8 Å². The SMILES string of the molecule is Cc1cn2c(S(=O)(=O)NCc3ccc(C(F)(F)F)cc3)c(C(C)C)nc2s1. The van der Waals surface area contributed by atoms with E-state index in [4.69, 9.17) is 0 Å². The lowest BCUT2D eigenvalue weighted by Crippen LogP contribution is -2.25. The van der Waals surface area contributed by atoms with Crippen molar-refractivity contribution in [3.05, 3.63) is 52.2 Å². The number of hydrogen-bond acceptors (Lipinski definition) is 4. The van der Waals surface area contributed by atoms with E-state index in [0.29, 0.717) is 16.2 Å². The van der Waals surface area contributed by atoms with E-state index in [1.54, 1.807) is 10.6 Å². The van der Waals surface area contributed by atoms with Crippen molar-refractivity contribution in [1.29, 1.82) is 0 Å². The molecule has 0 aliphatic carbocycles. The predicted molar refractivity (Wildman–Crippen MR) is 97.4 cm³/mol. The Hall–Kier alpha value is -1.91. The molecule has 3 aromatic rings. The highest BCUT2D eigenvalue weighted by atomic mass is 32.2. The summed E-state index contributed by atoms with van der Waals surface area (Å²) in [5.74, 6) is -0.102. The first-order valence-electron chi connectivity index (χ1n) is 8.13. The maximum Gasteiger partial charge on any atom is 0.416 e. The van der Waals surface area contributed by atoms with Crippen molar-refractivity contribution in [2.24, 2.45) is 0 Å². The zero-order valence-electron chi connectivity index (χ0n) is 14.8. The van der Waals surface area contributed by atoms with Gasteiger partial charge in [0.2, 0.25) is 0 Å². The Labute approximate surface area is 158 Å². The van der Waals surface area contributed by atoms with E-state index >= 15 is 0 Å². The van der Waals surface area contributed by atoms with Crippen LogP contribution in [0.5, 0.6) is 0 Å². The molecule has 0 spiro atoms. The third-order valence-electron chi connectivity index (χ3n) is 3.97. The maximum absolute atomic E-state index is 12.9. The number of nitrogens with one attached hydrogen (secondary N) is 1. The number of halogens is 3. The van der Waals surface area contributed by atoms with Crippen LogP contribution in [0.25, 0.3) is 4.96 Å². The van der Waals surface area contributed by atoms with E-state index < -0.39 is 21.8 Å². The number of thiazole rings is 1. The molecule has 2 heterocycles. The minimum absolute atomic E-state index is 0.0729. The second-order valence-corrected chi connectivity index (χ2v) is 9.37. The van der Waals surface area contributed by atoms with Crippen LogP contribution >= 0.6 is 11.3 Å². The molecule has 1 aromatic carbocycles. The number of imidazole rings is 1. The number of aromatic nitrogens is 2. The lowest BCUT2D eigenvalue weighted by Gasteiger charge is -2.11. The largest absolute Gasteiger partial charge is 0.416 e. The smallest absolute Gasteiger partial charge is 0.279 e. The molecule has 3 rings (SSSR count). The number of fused-ring (bicyclic) bond motifs is 1. The molecule has 0 fully saturated rings. The Kier molecular flexibility index (Phi) is 5.08. The third kappa shape index (κ3) is 4.02. The molecule has 2 aromatic heterocycles. The second-order valence-electron chi connectivity index (χ2n) is 6.47. The van der Waals surface area contributed by atoms with Gasteiger partial charge in [0.25, 0.3) is 10.0 Å². The molecule has 0 saturated heterocycles.